The van der Waals surface area contributed by atoms with Crippen LogP contribution in [0.15, 0.2) is 67.0 Å². The standard InChI is InChI=1S/C27H27FN4O5/c28-21-3-1-2-4-22(21)32-27(35)31-17-5-6-23-19(11-17)20-12-18(36-24(15-33)26(20)37-23)13-25(34)30-14-16-7-9-29-10-8-16/h1-11,18,20,24,26,33H,12-15H2,(H,30,34)(H2,31,32,35)/t18-,20-,24-,26+/m0/s1. The lowest BCUT2D eigenvalue weighted by Crippen LogP contribution is -2.47. The Labute approximate surface area is 213 Å². The Morgan fingerprint density at radius 3 is 2.68 bits per heavy atom. The van der Waals surface area contributed by atoms with Crippen LogP contribution in [0, 0.1) is 5.82 Å². The van der Waals surface area contributed by atoms with Crippen LogP contribution < -0.4 is 20.7 Å². The normalized spacial score (nSPS) is 21.8. The van der Waals surface area contributed by atoms with E-state index >= 15 is 0 Å². The van der Waals surface area contributed by atoms with E-state index in [0.717, 1.165) is 11.1 Å². The molecule has 5 rings (SSSR count). The van der Waals surface area contributed by atoms with Crippen molar-refractivity contribution in [2.75, 3.05) is 17.2 Å². The second kappa shape index (κ2) is 10.9. The Hall–Kier alpha value is -4.02. The Bertz CT molecular complexity index is 1270. The van der Waals surface area contributed by atoms with Crippen LogP contribution in [0.4, 0.5) is 20.6 Å². The van der Waals surface area contributed by atoms with Gasteiger partial charge in [-0.15, -0.1) is 0 Å². The van der Waals surface area contributed by atoms with Crippen LogP contribution in [-0.2, 0) is 16.1 Å². The van der Waals surface area contributed by atoms with E-state index in [4.69, 9.17) is 9.47 Å². The number of hydrogen-bond acceptors (Lipinski definition) is 6. The lowest BCUT2D eigenvalue weighted by molar-refractivity contribution is -0.142. The lowest BCUT2D eigenvalue weighted by atomic mass is 9.84. The molecule has 1 saturated heterocycles. The number of carbonyl (C=O) groups excluding carboxylic acids is 2. The molecule has 0 radical (unpaired) electrons. The van der Waals surface area contributed by atoms with Gasteiger partial charge in [-0.3, -0.25) is 9.78 Å². The molecule has 9 nitrogen and oxygen atoms in total. The largest absolute Gasteiger partial charge is 0.487 e. The van der Waals surface area contributed by atoms with Gasteiger partial charge in [0, 0.05) is 36.1 Å². The third kappa shape index (κ3) is 5.71. The maximum absolute atomic E-state index is 13.9. The van der Waals surface area contributed by atoms with Gasteiger partial charge in [0.05, 0.1) is 24.8 Å². The maximum Gasteiger partial charge on any atom is 0.323 e. The molecule has 3 amide bonds. The summed E-state index contributed by atoms with van der Waals surface area (Å²) < 4.78 is 26.0. The summed E-state index contributed by atoms with van der Waals surface area (Å²) in [6.07, 6.45) is 2.59. The fourth-order valence-electron chi connectivity index (χ4n) is 4.79. The zero-order valence-corrected chi connectivity index (χ0v) is 19.9. The topological polar surface area (TPSA) is 122 Å². The van der Waals surface area contributed by atoms with Crippen molar-refractivity contribution in [3.8, 4) is 5.75 Å². The number of nitrogens with one attached hydrogen (secondary N) is 3. The predicted octanol–water partition coefficient (Wildman–Crippen LogP) is 3.57. The van der Waals surface area contributed by atoms with Gasteiger partial charge in [0.15, 0.2) is 0 Å². The molecular weight excluding hydrogens is 479 g/mol. The molecule has 2 aliphatic heterocycles. The highest BCUT2D eigenvalue weighted by molar-refractivity contribution is 5.99. The first kappa shape index (κ1) is 24.7. The van der Waals surface area contributed by atoms with Gasteiger partial charge in [0.2, 0.25) is 5.91 Å². The fourth-order valence-corrected chi connectivity index (χ4v) is 4.79. The summed E-state index contributed by atoms with van der Waals surface area (Å²) in [5.41, 5.74) is 2.39. The maximum atomic E-state index is 13.9. The van der Waals surface area contributed by atoms with E-state index in [0.29, 0.717) is 24.4 Å². The van der Waals surface area contributed by atoms with Gasteiger partial charge in [-0.2, -0.15) is 0 Å². The summed E-state index contributed by atoms with van der Waals surface area (Å²) in [5.74, 6) is -0.178. The summed E-state index contributed by atoms with van der Waals surface area (Å²) in [6.45, 7) is 0.139. The molecule has 4 N–H and O–H groups in total. The minimum atomic E-state index is -0.593. The van der Waals surface area contributed by atoms with E-state index in [1.165, 1.54) is 12.1 Å². The number of urea groups is 1. The van der Waals surface area contributed by atoms with Gasteiger partial charge in [-0.1, -0.05) is 12.1 Å². The van der Waals surface area contributed by atoms with Crippen LogP contribution in [0.5, 0.6) is 5.75 Å². The molecule has 1 aromatic heterocycles. The summed E-state index contributed by atoms with van der Waals surface area (Å²) in [5, 5.41) is 18.1. The van der Waals surface area contributed by atoms with Crippen LogP contribution in [0.25, 0.3) is 0 Å². The van der Waals surface area contributed by atoms with E-state index in [2.05, 4.69) is 20.9 Å². The number of aliphatic hydroxyl groups excluding tert-OH is 1. The number of aromatic nitrogens is 1. The minimum absolute atomic E-state index is 0.0739. The van der Waals surface area contributed by atoms with Gasteiger partial charge >= 0.3 is 6.03 Å². The van der Waals surface area contributed by atoms with Crippen molar-refractivity contribution >= 4 is 23.3 Å². The molecule has 37 heavy (non-hydrogen) atoms. The van der Waals surface area contributed by atoms with Crippen LogP contribution in [0.2, 0.25) is 0 Å². The number of ether oxygens (including phenoxy) is 2. The van der Waals surface area contributed by atoms with E-state index in [-0.39, 0.29) is 30.5 Å². The van der Waals surface area contributed by atoms with Crippen molar-refractivity contribution in [2.45, 2.75) is 43.6 Å². The van der Waals surface area contributed by atoms with Gasteiger partial charge in [0.1, 0.15) is 23.8 Å². The van der Waals surface area contributed by atoms with Crippen molar-refractivity contribution in [2.24, 2.45) is 0 Å². The van der Waals surface area contributed by atoms with Crippen molar-refractivity contribution in [3.63, 3.8) is 0 Å². The Morgan fingerprint density at radius 1 is 1.08 bits per heavy atom. The molecule has 3 heterocycles. The van der Waals surface area contributed by atoms with E-state index in [1.807, 2.05) is 12.1 Å². The molecule has 0 spiro atoms. The number of aliphatic hydroxyl groups is 1. The van der Waals surface area contributed by atoms with Crippen molar-refractivity contribution in [1.82, 2.24) is 10.3 Å². The Kier molecular flexibility index (Phi) is 7.29. The van der Waals surface area contributed by atoms with Crippen molar-refractivity contribution < 1.29 is 28.6 Å². The second-order valence-electron chi connectivity index (χ2n) is 9.05. The molecule has 0 aliphatic carbocycles. The van der Waals surface area contributed by atoms with Gasteiger partial charge < -0.3 is 30.5 Å². The molecule has 0 saturated carbocycles. The molecular formula is C27H27FN4O5. The third-order valence-corrected chi connectivity index (χ3v) is 6.53. The summed E-state index contributed by atoms with van der Waals surface area (Å²) in [6, 6.07) is 14.2. The monoisotopic (exact) mass is 506 g/mol. The molecule has 0 bridgehead atoms. The highest BCUT2D eigenvalue weighted by atomic mass is 19.1. The number of amides is 3. The number of nitrogens with zero attached hydrogens (tertiary/aromatic N) is 1. The van der Waals surface area contributed by atoms with Crippen LogP contribution in [0.3, 0.4) is 0 Å². The Morgan fingerprint density at radius 2 is 1.89 bits per heavy atom. The molecule has 2 aliphatic rings. The van der Waals surface area contributed by atoms with E-state index < -0.39 is 30.2 Å². The number of halogens is 1. The van der Waals surface area contributed by atoms with Gasteiger partial charge in [0.25, 0.3) is 0 Å². The number of carbonyl (C=O) groups is 2. The zero-order chi connectivity index (χ0) is 25.8. The number of rotatable bonds is 7. The number of hydrogen-bond donors (Lipinski definition) is 4. The molecule has 0 unspecified atom stereocenters. The Balaban J connectivity index is 1.24. The first-order valence-electron chi connectivity index (χ1n) is 12.0. The fraction of sp³-hybridized carbons (Fsp3) is 0.296. The van der Waals surface area contributed by atoms with Crippen LogP contribution in [0.1, 0.15) is 29.9 Å². The average Bonchev–Trinajstić information content (AvgIpc) is 3.27. The zero-order valence-electron chi connectivity index (χ0n) is 19.9. The number of fused-ring (bicyclic) bond motifs is 3. The molecule has 2 aromatic carbocycles. The number of benzene rings is 2. The van der Waals surface area contributed by atoms with Crippen LogP contribution in [-0.4, -0.2) is 46.9 Å². The highest BCUT2D eigenvalue weighted by Gasteiger charge is 2.46. The highest BCUT2D eigenvalue weighted by Crippen LogP contribution is 2.47. The quantitative estimate of drug-likeness (QED) is 0.389. The molecule has 3 aromatic rings. The molecule has 4 atom stereocenters. The first-order valence-corrected chi connectivity index (χ1v) is 12.0. The smallest absolute Gasteiger partial charge is 0.323 e. The van der Waals surface area contributed by atoms with E-state index in [1.54, 1.807) is 42.7 Å². The summed E-state index contributed by atoms with van der Waals surface area (Å²) in [7, 11) is 0. The SMILES string of the molecule is O=C(C[C@@H]1C[C@H]2c3cc(NC(=O)Nc4ccccc4F)ccc3O[C@H]2[C@H](CO)O1)NCc1ccncc1. The number of anilines is 2. The summed E-state index contributed by atoms with van der Waals surface area (Å²) in [4.78, 5) is 29.0. The summed E-state index contributed by atoms with van der Waals surface area (Å²) >= 11 is 0. The van der Waals surface area contributed by atoms with Crippen LogP contribution >= 0.6 is 0 Å². The van der Waals surface area contributed by atoms with Crippen molar-refractivity contribution in [1.29, 1.82) is 0 Å². The predicted molar refractivity (Wildman–Crippen MR) is 134 cm³/mol. The number of para-hydroxylation sites is 1. The van der Waals surface area contributed by atoms with Crippen molar-refractivity contribution in [3.05, 3.63) is 83.9 Å². The molecule has 10 heteroatoms. The lowest BCUT2D eigenvalue weighted by Gasteiger charge is -2.37. The third-order valence-electron chi connectivity index (χ3n) is 6.53. The van der Waals surface area contributed by atoms with Gasteiger partial charge in [-0.05, 0) is 54.4 Å². The molecule has 192 valence electrons. The van der Waals surface area contributed by atoms with E-state index in [9.17, 15) is 19.1 Å². The minimum Gasteiger partial charge on any atom is -0.487 e. The van der Waals surface area contributed by atoms with Gasteiger partial charge in [-0.25, -0.2) is 9.18 Å². The molecule has 1 fully saturated rings. The first-order chi connectivity index (χ1) is 18.0. The average molecular weight is 507 g/mol. The number of pyridine rings is 1. The second-order valence-corrected chi connectivity index (χ2v) is 9.05.